The van der Waals surface area contributed by atoms with Crippen molar-refractivity contribution in [3.05, 3.63) is 51.5 Å². The Kier molecular flexibility index (Phi) is 4.88. The summed E-state index contributed by atoms with van der Waals surface area (Å²) in [7, 11) is 1.60. The molecule has 0 saturated carbocycles. The van der Waals surface area contributed by atoms with Crippen LogP contribution in [0.4, 0.5) is 0 Å². The number of rotatable bonds is 5. The van der Waals surface area contributed by atoms with E-state index >= 15 is 0 Å². The number of nitrogens with zero attached hydrogens (tertiary/aromatic N) is 3. The molecule has 1 aliphatic rings. The molecule has 0 fully saturated rings. The Balaban J connectivity index is 1.47. The van der Waals surface area contributed by atoms with Crippen molar-refractivity contribution in [3.8, 4) is 17.2 Å². The molecule has 140 valence electrons. The molecule has 0 spiro atoms. The zero-order valence-corrected chi connectivity index (χ0v) is 15.5. The van der Waals surface area contributed by atoms with Gasteiger partial charge in [0.25, 0.3) is 11.8 Å². The number of amides is 1. The van der Waals surface area contributed by atoms with E-state index in [9.17, 15) is 4.79 Å². The number of nitrogens with one attached hydrogen (secondary N) is 1. The highest BCUT2D eigenvalue weighted by Crippen LogP contribution is 2.30. The van der Waals surface area contributed by atoms with Gasteiger partial charge in [0.05, 0.1) is 24.1 Å². The van der Waals surface area contributed by atoms with Gasteiger partial charge in [-0.25, -0.2) is 5.48 Å². The third-order valence-corrected chi connectivity index (χ3v) is 5.62. The van der Waals surface area contributed by atoms with E-state index in [-0.39, 0.29) is 0 Å². The van der Waals surface area contributed by atoms with Gasteiger partial charge in [0, 0.05) is 18.0 Å². The number of carbonyl (C=O) groups excluding carboxylic acids is 1. The Bertz CT molecular complexity index is 968. The summed E-state index contributed by atoms with van der Waals surface area (Å²) in [5.74, 6) is 1.24. The normalized spacial score (nSPS) is 14.0. The van der Waals surface area contributed by atoms with Crippen LogP contribution in [0, 0.1) is 0 Å². The number of hydrogen-bond acceptors (Lipinski definition) is 8. The van der Waals surface area contributed by atoms with Crippen molar-refractivity contribution >= 4 is 17.2 Å². The lowest BCUT2D eigenvalue weighted by Crippen LogP contribution is -2.29. The van der Waals surface area contributed by atoms with Gasteiger partial charge in [-0.1, -0.05) is 17.3 Å². The van der Waals surface area contributed by atoms with Crippen LogP contribution in [-0.4, -0.2) is 39.8 Å². The number of para-hydroxylation sites is 1. The predicted octanol–water partition coefficient (Wildman–Crippen LogP) is 2.48. The van der Waals surface area contributed by atoms with Crippen LogP contribution in [-0.2, 0) is 19.5 Å². The monoisotopic (exact) mass is 386 g/mol. The summed E-state index contributed by atoms with van der Waals surface area (Å²) in [6, 6.07) is 9.35. The lowest BCUT2D eigenvalue weighted by atomic mass is 10.1. The van der Waals surface area contributed by atoms with Gasteiger partial charge in [-0.3, -0.25) is 14.9 Å². The molecule has 9 heteroatoms. The number of hydrogen-bond donors (Lipinski definition) is 2. The Morgan fingerprint density at radius 3 is 3.11 bits per heavy atom. The van der Waals surface area contributed by atoms with E-state index in [1.165, 1.54) is 11.3 Å². The smallest absolute Gasteiger partial charge is 0.284 e. The standard InChI is InChI=1S/C18H18N4O4S/c1-25-13-5-3-2-4-12(13)18-19-16(21-26-18)10-22-7-6-11-8-14(17(23)20-24)27-15(11)9-22/h2-5,8,24H,6-7,9-10H2,1H3,(H,20,23). The van der Waals surface area contributed by atoms with Gasteiger partial charge in [-0.15, -0.1) is 11.3 Å². The molecule has 4 rings (SSSR count). The molecule has 2 aromatic heterocycles. The lowest BCUT2D eigenvalue weighted by Gasteiger charge is -2.25. The Labute approximate surface area is 159 Å². The van der Waals surface area contributed by atoms with Crippen molar-refractivity contribution in [1.29, 1.82) is 0 Å². The molecule has 1 amide bonds. The number of carbonyl (C=O) groups is 1. The highest BCUT2D eigenvalue weighted by molar-refractivity contribution is 7.14. The van der Waals surface area contributed by atoms with Gasteiger partial charge in [0.1, 0.15) is 5.75 Å². The van der Waals surface area contributed by atoms with Crippen LogP contribution in [0.15, 0.2) is 34.9 Å². The van der Waals surface area contributed by atoms with Crippen LogP contribution >= 0.6 is 11.3 Å². The SMILES string of the molecule is COc1ccccc1-c1nc(CN2CCc3cc(C(=O)NO)sc3C2)no1. The number of thiophene rings is 1. The topological polar surface area (TPSA) is 101 Å². The van der Waals surface area contributed by atoms with Gasteiger partial charge >= 0.3 is 0 Å². The maximum absolute atomic E-state index is 11.6. The molecule has 2 N–H and O–H groups in total. The molecule has 0 atom stereocenters. The van der Waals surface area contributed by atoms with Crippen LogP contribution in [0.2, 0.25) is 0 Å². The average Bonchev–Trinajstić information content (AvgIpc) is 3.34. The van der Waals surface area contributed by atoms with Crippen molar-refractivity contribution in [3.63, 3.8) is 0 Å². The largest absolute Gasteiger partial charge is 0.496 e. The zero-order chi connectivity index (χ0) is 18.8. The summed E-state index contributed by atoms with van der Waals surface area (Å²) in [5, 5.41) is 12.9. The van der Waals surface area contributed by atoms with Gasteiger partial charge in [0.2, 0.25) is 0 Å². The van der Waals surface area contributed by atoms with Crippen LogP contribution in [0.25, 0.3) is 11.5 Å². The van der Waals surface area contributed by atoms with Gasteiger partial charge in [0.15, 0.2) is 5.82 Å². The molecule has 1 aromatic carbocycles. The Morgan fingerprint density at radius 2 is 2.30 bits per heavy atom. The average molecular weight is 386 g/mol. The second-order valence-electron chi connectivity index (χ2n) is 6.18. The molecule has 1 aliphatic heterocycles. The van der Waals surface area contributed by atoms with E-state index in [4.69, 9.17) is 14.5 Å². The number of benzene rings is 1. The first-order chi connectivity index (χ1) is 13.2. The molecule has 0 unspecified atom stereocenters. The summed E-state index contributed by atoms with van der Waals surface area (Å²) >= 11 is 1.39. The van der Waals surface area contributed by atoms with Crippen LogP contribution in [0.5, 0.6) is 5.75 Å². The summed E-state index contributed by atoms with van der Waals surface area (Å²) in [6.45, 7) is 2.09. The van der Waals surface area contributed by atoms with Gasteiger partial charge in [-0.05, 0) is 30.2 Å². The molecule has 0 bridgehead atoms. The minimum absolute atomic E-state index is 0.429. The van der Waals surface area contributed by atoms with E-state index in [1.807, 2.05) is 30.3 Å². The number of methoxy groups -OCH3 is 1. The fourth-order valence-electron chi connectivity index (χ4n) is 3.12. The fraction of sp³-hybridized carbons (Fsp3) is 0.278. The molecule has 3 aromatic rings. The molecular weight excluding hydrogens is 368 g/mol. The highest BCUT2D eigenvalue weighted by Gasteiger charge is 2.23. The molecule has 8 nitrogen and oxygen atoms in total. The van der Waals surface area contributed by atoms with E-state index in [0.717, 1.165) is 29.0 Å². The highest BCUT2D eigenvalue weighted by atomic mass is 32.1. The summed E-state index contributed by atoms with van der Waals surface area (Å²) in [4.78, 5) is 19.9. The predicted molar refractivity (Wildman–Crippen MR) is 97.7 cm³/mol. The first-order valence-corrected chi connectivity index (χ1v) is 9.24. The Hall–Kier alpha value is -2.75. The van der Waals surface area contributed by atoms with Crippen molar-refractivity contribution in [1.82, 2.24) is 20.5 Å². The quantitative estimate of drug-likeness (QED) is 0.513. The minimum atomic E-state index is -0.472. The third-order valence-electron chi connectivity index (χ3n) is 4.46. The molecule has 0 aliphatic carbocycles. The molecule has 0 radical (unpaired) electrons. The van der Waals surface area contributed by atoms with Crippen molar-refractivity contribution in [2.75, 3.05) is 13.7 Å². The first kappa shape index (κ1) is 17.7. The Morgan fingerprint density at radius 1 is 1.44 bits per heavy atom. The number of aromatic nitrogens is 2. The summed E-state index contributed by atoms with van der Waals surface area (Å²) in [6.07, 6.45) is 0.835. The maximum atomic E-state index is 11.6. The van der Waals surface area contributed by atoms with Crippen LogP contribution < -0.4 is 10.2 Å². The molecule has 27 heavy (non-hydrogen) atoms. The third kappa shape index (κ3) is 3.57. The van der Waals surface area contributed by atoms with E-state index in [1.54, 1.807) is 12.6 Å². The van der Waals surface area contributed by atoms with E-state index in [2.05, 4.69) is 15.0 Å². The van der Waals surface area contributed by atoms with Crippen molar-refractivity contribution in [2.45, 2.75) is 19.5 Å². The van der Waals surface area contributed by atoms with E-state index < -0.39 is 5.91 Å². The first-order valence-electron chi connectivity index (χ1n) is 8.42. The van der Waals surface area contributed by atoms with Crippen molar-refractivity contribution in [2.24, 2.45) is 0 Å². The second-order valence-corrected chi connectivity index (χ2v) is 7.31. The van der Waals surface area contributed by atoms with Gasteiger partial charge < -0.3 is 9.26 Å². The molecule has 0 saturated heterocycles. The lowest BCUT2D eigenvalue weighted by molar-refractivity contribution is 0.0711. The van der Waals surface area contributed by atoms with Gasteiger partial charge in [-0.2, -0.15) is 4.98 Å². The number of ether oxygens (including phenoxy) is 1. The summed E-state index contributed by atoms with van der Waals surface area (Å²) < 4.78 is 10.8. The van der Waals surface area contributed by atoms with E-state index in [0.29, 0.717) is 35.4 Å². The molecular formula is C18H18N4O4S. The van der Waals surface area contributed by atoms with Crippen LogP contribution in [0.3, 0.4) is 0 Å². The number of fused-ring (bicyclic) bond motifs is 1. The minimum Gasteiger partial charge on any atom is -0.496 e. The fourth-order valence-corrected chi connectivity index (χ4v) is 4.27. The van der Waals surface area contributed by atoms with Crippen molar-refractivity contribution < 1.29 is 19.3 Å². The zero-order valence-electron chi connectivity index (χ0n) is 14.6. The molecule has 3 heterocycles. The van der Waals surface area contributed by atoms with Crippen LogP contribution in [0.1, 0.15) is 25.9 Å². The second kappa shape index (κ2) is 7.47. The summed E-state index contributed by atoms with van der Waals surface area (Å²) in [5.41, 5.74) is 3.60. The number of hydroxylamine groups is 1. The maximum Gasteiger partial charge on any atom is 0.284 e.